The van der Waals surface area contributed by atoms with E-state index in [1.807, 2.05) is 6.92 Å². The van der Waals surface area contributed by atoms with Crippen molar-refractivity contribution in [2.75, 3.05) is 0 Å². The minimum absolute atomic E-state index is 0.0453. The van der Waals surface area contributed by atoms with Crippen molar-refractivity contribution in [3.63, 3.8) is 0 Å². The molecule has 1 unspecified atom stereocenters. The quantitative estimate of drug-likeness (QED) is 0.631. The molecule has 0 aromatic heterocycles. The van der Waals surface area contributed by atoms with Crippen molar-refractivity contribution in [3.05, 3.63) is 39.9 Å². The number of amides is 1. The van der Waals surface area contributed by atoms with Crippen LogP contribution in [0.2, 0.25) is 0 Å². The summed E-state index contributed by atoms with van der Waals surface area (Å²) in [4.78, 5) is 21.6. The fourth-order valence-electron chi connectivity index (χ4n) is 1.90. The Labute approximate surface area is 98.3 Å². The molecule has 17 heavy (non-hydrogen) atoms. The van der Waals surface area contributed by atoms with Gasteiger partial charge in [0.25, 0.3) is 5.69 Å². The van der Waals surface area contributed by atoms with Crippen LogP contribution in [0.15, 0.2) is 24.3 Å². The zero-order valence-corrected chi connectivity index (χ0v) is 9.42. The van der Waals surface area contributed by atoms with Crippen LogP contribution >= 0.6 is 0 Å². The van der Waals surface area contributed by atoms with Gasteiger partial charge in [-0.3, -0.25) is 20.3 Å². The molecule has 1 saturated heterocycles. The molecule has 1 heterocycles. The first-order valence-electron chi connectivity index (χ1n) is 5.36. The average Bonchev–Trinajstić information content (AvgIpc) is 2.58. The molecule has 90 valence electrons. The predicted octanol–water partition coefficient (Wildman–Crippen LogP) is 1.22. The van der Waals surface area contributed by atoms with Crippen molar-refractivity contribution in [2.45, 2.75) is 25.9 Å². The van der Waals surface area contributed by atoms with Gasteiger partial charge >= 0.3 is 0 Å². The summed E-state index contributed by atoms with van der Waals surface area (Å²) in [6.45, 7) is 2.26. The molecule has 1 aromatic carbocycles. The van der Waals surface area contributed by atoms with Crippen molar-refractivity contribution in [3.8, 4) is 0 Å². The third-order valence-electron chi connectivity index (χ3n) is 2.81. The van der Waals surface area contributed by atoms with E-state index in [4.69, 9.17) is 0 Å². The Morgan fingerprint density at radius 3 is 2.82 bits per heavy atom. The molecule has 1 aliphatic heterocycles. The van der Waals surface area contributed by atoms with Crippen LogP contribution in [0.4, 0.5) is 5.69 Å². The van der Waals surface area contributed by atoms with E-state index in [0.717, 1.165) is 0 Å². The minimum Gasteiger partial charge on any atom is -0.288 e. The van der Waals surface area contributed by atoms with E-state index in [-0.39, 0.29) is 17.6 Å². The van der Waals surface area contributed by atoms with Gasteiger partial charge in [-0.2, -0.15) is 0 Å². The standard InChI is InChI=1S/C11H13N3O3/c1-8-6-11(15)12-13(8)7-9-4-2-3-5-10(9)14(16)17/h2-5,8H,6-7H2,1H3,(H,12,15). The monoisotopic (exact) mass is 235 g/mol. The Bertz CT molecular complexity index is 461. The van der Waals surface area contributed by atoms with E-state index in [1.54, 1.807) is 23.2 Å². The molecule has 0 aliphatic carbocycles. The van der Waals surface area contributed by atoms with Gasteiger partial charge < -0.3 is 0 Å². The second-order valence-corrected chi connectivity index (χ2v) is 4.10. The molecule has 0 bridgehead atoms. The number of carbonyl (C=O) groups excluding carboxylic acids is 1. The first kappa shape index (κ1) is 11.5. The van der Waals surface area contributed by atoms with Crippen LogP contribution in [0.25, 0.3) is 0 Å². The van der Waals surface area contributed by atoms with Gasteiger partial charge in [-0.05, 0) is 6.92 Å². The van der Waals surface area contributed by atoms with Crippen LogP contribution in [-0.4, -0.2) is 21.9 Å². The summed E-state index contributed by atoms with van der Waals surface area (Å²) >= 11 is 0. The Kier molecular flexibility index (Phi) is 3.06. The molecule has 6 heteroatoms. The highest BCUT2D eigenvalue weighted by Crippen LogP contribution is 2.21. The number of hydrogen-bond donors (Lipinski definition) is 1. The molecule has 1 amide bonds. The summed E-state index contributed by atoms with van der Waals surface area (Å²) in [6.07, 6.45) is 0.431. The van der Waals surface area contributed by atoms with Gasteiger partial charge in [0, 0.05) is 24.1 Å². The van der Waals surface area contributed by atoms with Gasteiger partial charge in [-0.15, -0.1) is 0 Å². The minimum atomic E-state index is -0.405. The zero-order valence-electron chi connectivity index (χ0n) is 9.42. The maximum atomic E-state index is 11.2. The van der Waals surface area contributed by atoms with Crippen LogP contribution in [0.1, 0.15) is 18.9 Å². The summed E-state index contributed by atoms with van der Waals surface area (Å²) in [7, 11) is 0. The summed E-state index contributed by atoms with van der Waals surface area (Å²) in [5, 5.41) is 12.6. The lowest BCUT2D eigenvalue weighted by Crippen LogP contribution is -2.36. The Hall–Kier alpha value is -1.95. The van der Waals surface area contributed by atoms with Gasteiger partial charge in [0.15, 0.2) is 0 Å². The van der Waals surface area contributed by atoms with Crippen molar-refractivity contribution in [1.29, 1.82) is 0 Å². The zero-order chi connectivity index (χ0) is 12.4. The third-order valence-corrected chi connectivity index (χ3v) is 2.81. The first-order chi connectivity index (χ1) is 8.08. The number of nitro groups is 1. The lowest BCUT2D eigenvalue weighted by atomic mass is 10.1. The number of nitrogens with one attached hydrogen (secondary N) is 1. The summed E-state index contributed by atoms with van der Waals surface area (Å²) in [5.41, 5.74) is 3.38. The molecule has 0 spiro atoms. The van der Waals surface area contributed by atoms with E-state index in [9.17, 15) is 14.9 Å². The predicted molar refractivity (Wildman–Crippen MR) is 60.9 cm³/mol. The average molecular weight is 235 g/mol. The normalized spacial score (nSPS) is 20.3. The molecule has 1 aliphatic rings. The number of nitrogens with zero attached hydrogens (tertiary/aromatic N) is 2. The highest BCUT2D eigenvalue weighted by atomic mass is 16.6. The number of benzene rings is 1. The number of rotatable bonds is 3. The van der Waals surface area contributed by atoms with Crippen LogP contribution in [0, 0.1) is 10.1 Å². The molecule has 2 rings (SSSR count). The highest BCUT2D eigenvalue weighted by Gasteiger charge is 2.28. The summed E-state index contributed by atoms with van der Waals surface area (Å²) in [5.74, 6) is -0.0453. The number of nitro benzene ring substituents is 1. The SMILES string of the molecule is CC1CC(=O)NN1Cc1ccccc1[N+](=O)[O-]. The number of hydrazine groups is 1. The van der Waals surface area contributed by atoms with Gasteiger partial charge in [0.1, 0.15) is 0 Å². The van der Waals surface area contributed by atoms with Gasteiger partial charge in [-0.1, -0.05) is 18.2 Å². The number of hydrogen-bond acceptors (Lipinski definition) is 4. The van der Waals surface area contributed by atoms with Gasteiger partial charge in [0.05, 0.1) is 11.5 Å². The molecule has 1 fully saturated rings. The van der Waals surface area contributed by atoms with Crippen LogP contribution in [-0.2, 0) is 11.3 Å². The summed E-state index contributed by atoms with van der Waals surface area (Å²) in [6, 6.07) is 6.62. The molecule has 1 atom stereocenters. The fourth-order valence-corrected chi connectivity index (χ4v) is 1.90. The van der Waals surface area contributed by atoms with E-state index < -0.39 is 4.92 Å². The maximum absolute atomic E-state index is 11.2. The molecular weight excluding hydrogens is 222 g/mol. The van der Waals surface area contributed by atoms with E-state index in [0.29, 0.717) is 18.5 Å². The summed E-state index contributed by atoms with van der Waals surface area (Å²) < 4.78 is 0. The van der Waals surface area contributed by atoms with E-state index in [2.05, 4.69) is 5.43 Å². The molecule has 0 saturated carbocycles. The third kappa shape index (κ3) is 2.42. The molecule has 0 radical (unpaired) electrons. The Morgan fingerprint density at radius 2 is 2.24 bits per heavy atom. The lowest BCUT2D eigenvalue weighted by molar-refractivity contribution is -0.385. The topological polar surface area (TPSA) is 75.5 Å². The van der Waals surface area contributed by atoms with E-state index >= 15 is 0 Å². The number of para-hydroxylation sites is 1. The maximum Gasteiger partial charge on any atom is 0.273 e. The van der Waals surface area contributed by atoms with Crippen molar-refractivity contribution >= 4 is 11.6 Å². The first-order valence-corrected chi connectivity index (χ1v) is 5.36. The number of carbonyl (C=O) groups is 1. The smallest absolute Gasteiger partial charge is 0.273 e. The largest absolute Gasteiger partial charge is 0.288 e. The molecule has 1 N–H and O–H groups in total. The highest BCUT2D eigenvalue weighted by molar-refractivity contribution is 5.77. The molecular formula is C11H13N3O3. The second-order valence-electron chi connectivity index (χ2n) is 4.10. The fraction of sp³-hybridized carbons (Fsp3) is 0.364. The van der Waals surface area contributed by atoms with Crippen LogP contribution in [0.3, 0.4) is 0 Å². The van der Waals surface area contributed by atoms with Gasteiger partial charge in [0.2, 0.25) is 5.91 Å². The Morgan fingerprint density at radius 1 is 1.53 bits per heavy atom. The van der Waals surface area contributed by atoms with Gasteiger partial charge in [-0.25, -0.2) is 5.01 Å². The van der Waals surface area contributed by atoms with Crippen molar-refractivity contribution in [1.82, 2.24) is 10.4 Å². The van der Waals surface area contributed by atoms with Crippen LogP contribution in [0.5, 0.6) is 0 Å². The lowest BCUT2D eigenvalue weighted by Gasteiger charge is -2.19. The molecule has 1 aromatic rings. The van der Waals surface area contributed by atoms with E-state index in [1.165, 1.54) is 6.07 Å². The molecule has 6 nitrogen and oxygen atoms in total. The second kappa shape index (κ2) is 4.50. The van der Waals surface area contributed by atoms with Crippen molar-refractivity contribution in [2.24, 2.45) is 0 Å². The van der Waals surface area contributed by atoms with Crippen LogP contribution < -0.4 is 5.43 Å². The van der Waals surface area contributed by atoms with Crippen molar-refractivity contribution < 1.29 is 9.72 Å². The Balaban J connectivity index is 2.19.